The van der Waals surface area contributed by atoms with Crippen LogP contribution >= 0.6 is 0 Å². The zero-order valence-electron chi connectivity index (χ0n) is 11.0. The van der Waals surface area contributed by atoms with Gasteiger partial charge in [-0.1, -0.05) is 0 Å². The molecule has 0 saturated carbocycles. The number of hydrogen-bond donors (Lipinski definition) is 2. The van der Waals surface area contributed by atoms with Gasteiger partial charge in [-0.15, -0.1) is 0 Å². The predicted molar refractivity (Wildman–Crippen MR) is 65.8 cm³/mol. The van der Waals surface area contributed by atoms with Crippen molar-refractivity contribution in [1.29, 1.82) is 0 Å². The van der Waals surface area contributed by atoms with Crippen LogP contribution in [0.25, 0.3) is 0 Å². The molecule has 0 aromatic rings. The molecular weight excluding hydrogens is 218 g/mol. The molecule has 0 bridgehead atoms. The number of carbonyl (C=O) groups is 1. The van der Waals surface area contributed by atoms with E-state index in [9.17, 15) is 4.79 Å². The standard InChI is InChI=1S/C12H21N3O2/c1-8(2)13-10-14-9(16)12(15-10)5-6-17-11(3,4)7-12/h8H,5-7H2,1-4H3,(H2,13,14,15,16). The first-order valence-electron chi connectivity index (χ1n) is 6.14. The first-order chi connectivity index (χ1) is 7.83. The van der Waals surface area contributed by atoms with Crippen molar-refractivity contribution in [2.45, 2.75) is 57.7 Å². The summed E-state index contributed by atoms with van der Waals surface area (Å²) in [7, 11) is 0. The summed E-state index contributed by atoms with van der Waals surface area (Å²) in [4.78, 5) is 16.5. The number of rotatable bonds is 1. The highest BCUT2D eigenvalue weighted by Crippen LogP contribution is 2.33. The fraction of sp³-hybridized carbons (Fsp3) is 0.833. The van der Waals surface area contributed by atoms with E-state index in [4.69, 9.17) is 4.74 Å². The number of nitrogens with one attached hydrogen (secondary N) is 2. The molecule has 1 spiro atoms. The maximum atomic E-state index is 12.1. The molecule has 0 aliphatic carbocycles. The molecule has 2 fully saturated rings. The van der Waals surface area contributed by atoms with Gasteiger partial charge in [0.25, 0.3) is 5.91 Å². The van der Waals surface area contributed by atoms with Crippen molar-refractivity contribution in [1.82, 2.24) is 10.6 Å². The van der Waals surface area contributed by atoms with E-state index in [2.05, 4.69) is 15.6 Å². The molecular formula is C12H21N3O2. The van der Waals surface area contributed by atoms with E-state index in [1.165, 1.54) is 0 Å². The van der Waals surface area contributed by atoms with Crippen molar-refractivity contribution in [2.24, 2.45) is 4.99 Å². The summed E-state index contributed by atoms with van der Waals surface area (Å²) in [6.45, 7) is 8.60. The SMILES string of the molecule is CC(C)N=C1NC(=O)C2(CCOC(C)(C)C2)N1. The Morgan fingerprint density at radius 3 is 2.71 bits per heavy atom. The lowest BCUT2D eigenvalue weighted by Gasteiger charge is -2.40. The molecule has 2 heterocycles. The first kappa shape index (κ1) is 12.4. The zero-order chi connectivity index (χ0) is 12.7. The summed E-state index contributed by atoms with van der Waals surface area (Å²) in [6.07, 6.45) is 1.36. The van der Waals surface area contributed by atoms with E-state index in [1.54, 1.807) is 0 Å². The van der Waals surface area contributed by atoms with E-state index in [0.717, 1.165) is 0 Å². The highest BCUT2D eigenvalue weighted by molar-refractivity contribution is 6.09. The van der Waals surface area contributed by atoms with E-state index in [-0.39, 0.29) is 17.6 Å². The molecule has 0 aromatic carbocycles. The molecule has 2 aliphatic rings. The van der Waals surface area contributed by atoms with Crippen molar-refractivity contribution in [3.63, 3.8) is 0 Å². The van der Waals surface area contributed by atoms with Crippen LogP contribution < -0.4 is 10.6 Å². The summed E-state index contributed by atoms with van der Waals surface area (Å²) in [5, 5.41) is 6.08. The van der Waals surface area contributed by atoms with Gasteiger partial charge in [0.1, 0.15) is 5.54 Å². The first-order valence-corrected chi connectivity index (χ1v) is 6.14. The maximum absolute atomic E-state index is 12.1. The van der Waals surface area contributed by atoms with E-state index < -0.39 is 5.54 Å². The Morgan fingerprint density at radius 2 is 2.12 bits per heavy atom. The molecule has 1 atom stereocenters. The average molecular weight is 239 g/mol. The summed E-state index contributed by atoms with van der Waals surface area (Å²) < 4.78 is 5.66. The number of aliphatic imine (C=N–C) groups is 1. The fourth-order valence-electron chi connectivity index (χ4n) is 2.53. The molecule has 96 valence electrons. The lowest BCUT2D eigenvalue weighted by molar-refractivity contribution is -0.136. The van der Waals surface area contributed by atoms with Crippen molar-refractivity contribution < 1.29 is 9.53 Å². The van der Waals surface area contributed by atoms with Crippen LogP contribution in [-0.4, -0.2) is 35.7 Å². The van der Waals surface area contributed by atoms with Gasteiger partial charge in [0.05, 0.1) is 12.2 Å². The summed E-state index contributed by atoms with van der Waals surface area (Å²) in [5.41, 5.74) is -0.800. The molecule has 17 heavy (non-hydrogen) atoms. The van der Waals surface area contributed by atoms with Crippen molar-refractivity contribution in [3.8, 4) is 0 Å². The van der Waals surface area contributed by atoms with Crippen LogP contribution in [0, 0.1) is 0 Å². The second kappa shape index (κ2) is 3.98. The van der Waals surface area contributed by atoms with Gasteiger partial charge in [0.15, 0.2) is 5.96 Å². The topological polar surface area (TPSA) is 62.7 Å². The molecule has 2 N–H and O–H groups in total. The Hall–Kier alpha value is -1.10. The molecule has 2 aliphatic heterocycles. The Kier molecular flexibility index (Phi) is 2.89. The summed E-state index contributed by atoms with van der Waals surface area (Å²) >= 11 is 0. The highest BCUT2D eigenvalue weighted by Gasteiger charge is 2.50. The average Bonchev–Trinajstić information content (AvgIpc) is 2.39. The Morgan fingerprint density at radius 1 is 1.41 bits per heavy atom. The van der Waals surface area contributed by atoms with Gasteiger partial charge < -0.3 is 10.1 Å². The summed E-state index contributed by atoms with van der Waals surface area (Å²) in [6, 6.07) is 0.167. The molecule has 1 unspecified atom stereocenters. The van der Waals surface area contributed by atoms with E-state index in [0.29, 0.717) is 25.4 Å². The van der Waals surface area contributed by atoms with Crippen LogP contribution in [0.5, 0.6) is 0 Å². The molecule has 2 rings (SSSR count). The molecule has 1 amide bonds. The van der Waals surface area contributed by atoms with Crippen LogP contribution in [0.1, 0.15) is 40.5 Å². The number of hydrogen-bond acceptors (Lipinski definition) is 3. The Balaban J connectivity index is 2.19. The molecule has 2 saturated heterocycles. The second-order valence-electron chi connectivity index (χ2n) is 5.77. The third-order valence-corrected chi connectivity index (χ3v) is 3.16. The van der Waals surface area contributed by atoms with Gasteiger partial charge in [0.2, 0.25) is 0 Å². The molecule has 0 aromatic heterocycles. The van der Waals surface area contributed by atoms with Crippen LogP contribution in [0.15, 0.2) is 4.99 Å². The third kappa shape index (κ3) is 2.44. The fourth-order valence-corrected chi connectivity index (χ4v) is 2.53. The van der Waals surface area contributed by atoms with Gasteiger partial charge >= 0.3 is 0 Å². The van der Waals surface area contributed by atoms with Crippen molar-refractivity contribution >= 4 is 11.9 Å². The smallest absolute Gasteiger partial charge is 0.252 e. The monoisotopic (exact) mass is 239 g/mol. The van der Waals surface area contributed by atoms with Crippen molar-refractivity contribution in [3.05, 3.63) is 0 Å². The van der Waals surface area contributed by atoms with Crippen LogP contribution in [0.4, 0.5) is 0 Å². The number of nitrogens with zero attached hydrogens (tertiary/aromatic N) is 1. The minimum Gasteiger partial charge on any atom is -0.375 e. The zero-order valence-corrected chi connectivity index (χ0v) is 11.0. The Bertz CT molecular complexity index is 363. The minimum absolute atomic E-state index is 0.0216. The van der Waals surface area contributed by atoms with Crippen LogP contribution in [-0.2, 0) is 9.53 Å². The Labute approximate surface area is 102 Å². The normalized spacial score (nSPS) is 34.2. The maximum Gasteiger partial charge on any atom is 0.252 e. The van der Waals surface area contributed by atoms with Crippen molar-refractivity contribution in [2.75, 3.05) is 6.61 Å². The largest absolute Gasteiger partial charge is 0.375 e. The number of ether oxygens (including phenoxy) is 1. The van der Waals surface area contributed by atoms with Gasteiger partial charge in [-0.05, 0) is 27.7 Å². The summed E-state index contributed by atoms with van der Waals surface area (Å²) in [5.74, 6) is 0.621. The van der Waals surface area contributed by atoms with E-state index in [1.807, 2.05) is 27.7 Å². The number of carbonyl (C=O) groups excluding carboxylic acids is 1. The second-order valence-corrected chi connectivity index (χ2v) is 5.77. The number of amides is 1. The molecule has 5 heteroatoms. The van der Waals surface area contributed by atoms with Gasteiger partial charge in [-0.2, -0.15) is 0 Å². The quantitative estimate of drug-likeness (QED) is 0.711. The van der Waals surface area contributed by atoms with Crippen LogP contribution in [0.2, 0.25) is 0 Å². The molecule has 5 nitrogen and oxygen atoms in total. The predicted octanol–water partition coefficient (Wildman–Crippen LogP) is 0.798. The highest BCUT2D eigenvalue weighted by atomic mass is 16.5. The lowest BCUT2D eigenvalue weighted by atomic mass is 9.81. The van der Waals surface area contributed by atoms with Gasteiger partial charge in [0, 0.05) is 18.9 Å². The van der Waals surface area contributed by atoms with Gasteiger partial charge in [-0.25, -0.2) is 0 Å². The number of guanidine groups is 1. The molecule has 0 radical (unpaired) electrons. The lowest BCUT2D eigenvalue weighted by Crippen LogP contribution is -2.56. The van der Waals surface area contributed by atoms with Crippen LogP contribution in [0.3, 0.4) is 0 Å². The minimum atomic E-state index is -0.532. The van der Waals surface area contributed by atoms with E-state index >= 15 is 0 Å². The third-order valence-electron chi connectivity index (χ3n) is 3.16. The van der Waals surface area contributed by atoms with Gasteiger partial charge in [-0.3, -0.25) is 15.1 Å².